The second kappa shape index (κ2) is 6.26. The molecule has 22 heavy (non-hydrogen) atoms. The molecule has 1 amide bonds. The summed E-state index contributed by atoms with van der Waals surface area (Å²) in [6.07, 6.45) is -0.221. The number of carboxylic acids is 1. The fraction of sp³-hybridized carbons (Fsp3) is 0.500. The van der Waals surface area contributed by atoms with Crippen LogP contribution < -0.4 is 5.56 Å². The van der Waals surface area contributed by atoms with Crippen molar-refractivity contribution in [1.82, 2.24) is 19.8 Å². The summed E-state index contributed by atoms with van der Waals surface area (Å²) in [5.74, 6) is -1.17. The van der Waals surface area contributed by atoms with Crippen LogP contribution >= 0.6 is 11.8 Å². The minimum Gasteiger partial charge on any atom is -0.481 e. The number of carboxylic acid groups (broad SMARTS) is 1. The first-order chi connectivity index (χ1) is 10.3. The number of thioether (sulfide) groups is 1. The topological polar surface area (TPSA) is 118 Å². The quantitative estimate of drug-likeness (QED) is 0.788. The number of amides is 1. The fourth-order valence-electron chi connectivity index (χ4n) is 1.81. The molecule has 1 aliphatic heterocycles. The van der Waals surface area contributed by atoms with Crippen LogP contribution in [0, 0.1) is 0 Å². The Labute approximate surface area is 130 Å². The van der Waals surface area contributed by atoms with Crippen LogP contribution in [0.4, 0.5) is 0 Å². The summed E-state index contributed by atoms with van der Waals surface area (Å²) in [7, 11) is 3.27. The van der Waals surface area contributed by atoms with E-state index in [1.165, 1.54) is 4.90 Å². The van der Waals surface area contributed by atoms with Crippen LogP contribution in [0.25, 0.3) is 0 Å². The molecule has 2 heterocycles. The van der Waals surface area contributed by atoms with Gasteiger partial charge in [-0.1, -0.05) is 11.8 Å². The molecule has 1 unspecified atom stereocenters. The van der Waals surface area contributed by atoms with Crippen molar-refractivity contribution in [1.29, 1.82) is 0 Å². The molecule has 0 aliphatic carbocycles. The van der Waals surface area contributed by atoms with Crippen molar-refractivity contribution in [2.75, 3.05) is 14.1 Å². The first kappa shape index (κ1) is 16.1. The van der Waals surface area contributed by atoms with Gasteiger partial charge < -0.3 is 10.0 Å². The third-order valence-corrected chi connectivity index (χ3v) is 4.22. The van der Waals surface area contributed by atoms with E-state index >= 15 is 0 Å². The van der Waals surface area contributed by atoms with Gasteiger partial charge in [0, 0.05) is 20.5 Å². The Bertz CT molecular complexity index is 712. The molecule has 10 heteroatoms. The Morgan fingerprint density at radius 2 is 2.05 bits per heavy atom. The SMILES string of the molecule is CC1=Nn2c(nnc(CCC(=O)O)c2=O)SC1C(=O)N(C)C. The minimum atomic E-state index is -1.02. The van der Waals surface area contributed by atoms with E-state index in [2.05, 4.69) is 15.3 Å². The lowest BCUT2D eigenvalue weighted by molar-refractivity contribution is -0.137. The monoisotopic (exact) mass is 325 g/mol. The van der Waals surface area contributed by atoms with Gasteiger partial charge in [0.1, 0.15) is 10.9 Å². The number of aryl methyl sites for hydroxylation is 1. The maximum absolute atomic E-state index is 12.2. The van der Waals surface area contributed by atoms with Gasteiger partial charge >= 0.3 is 5.97 Å². The maximum Gasteiger partial charge on any atom is 0.303 e. The molecule has 0 aromatic carbocycles. The van der Waals surface area contributed by atoms with E-state index in [9.17, 15) is 14.4 Å². The minimum absolute atomic E-state index is 0.0132. The summed E-state index contributed by atoms with van der Waals surface area (Å²) in [6, 6.07) is 0. The van der Waals surface area contributed by atoms with E-state index < -0.39 is 16.8 Å². The number of hydrogen-bond donors (Lipinski definition) is 1. The van der Waals surface area contributed by atoms with Crippen LogP contribution in [0.2, 0.25) is 0 Å². The van der Waals surface area contributed by atoms with Crippen molar-refractivity contribution in [3.05, 3.63) is 16.0 Å². The van der Waals surface area contributed by atoms with Gasteiger partial charge in [0.15, 0.2) is 0 Å². The number of aromatic nitrogens is 3. The highest BCUT2D eigenvalue weighted by Gasteiger charge is 2.31. The number of aliphatic carboxylic acids is 1. The average Bonchev–Trinajstić information content (AvgIpc) is 2.45. The summed E-state index contributed by atoms with van der Waals surface area (Å²) >= 11 is 1.10. The third kappa shape index (κ3) is 3.16. The number of fused-ring (bicyclic) bond motifs is 1. The van der Waals surface area contributed by atoms with Gasteiger partial charge in [-0.3, -0.25) is 14.4 Å². The van der Waals surface area contributed by atoms with E-state index in [0.29, 0.717) is 5.71 Å². The lowest BCUT2D eigenvalue weighted by Crippen LogP contribution is -2.40. The van der Waals surface area contributed by atoms with E-state index in [-0.39, 0.29) is 29.6 Å². The first-order valence-corrected chi connectivity index (χ1v) is 7.33. The van der Waals surface area contributed by atoms with Crippen LogP contribution in [-0.4, -0.2) is 61.8 Å². The predicted molar refractivity (Wildman–Crippen MR) is 79.1 cm³/mol. The van der Waals surface area contributed by atoms with Crippen molar-refractivity contribution in [3.63, 3.8) is 0 Å². The summed E-state index contributed by atoms with van der Waals surface area (Å²) in [5.41, 5.74) is 0.0185. The van der Waals surface area contributed by atoms with E-state index in [1.807, 2.05) is 0 Å². The molecule has 1 aromatic rings. The molecule has 0 saturated heterocycles. The van der Waals surface area contributed by atoms with Gasteiger partial charge in [0.05, 0.1) is 12.1 Å². The summed E-state index contributed by atoms with van der Waals surface area (Å²) in [4.78, 5) is 36.3. The normalized spacial score (nSPS) is 16.7. The van der Waals surface area contributed by atoms with Crippen molar-refractivity contribution in [2.24, 2.45) is 5.10 Å². The third-order valence-electron chi connectivity index (χ3n) is 2.98. The molecule has 1 aliphatic rings. The molecule has 0 fully saturated rings. The van der Waals surface area contributed by atoms with Gasteiger partial charge in [-0.2, -0.15) is 9.78 Å². The van der Waals surface area contributed by atoms with E-state index in [4.69, 9.17) is 5.11 Å². The Kier molecular flexibility index (Phi) is 4.59. The lowest BCUT2D eigenvalue weighted by Gasteiger charge is -2.23. The molecule has 0 spiro atoms. The highest BCUT2D eigenvalue weighted by molar-refractivity contribution is 8.01. The smallest absolute Gasteiger partial charge is 0.303 e. The molecule has 1 aromatic heterocycles. The Balaban J connectivity index is 2.35. The molecule has 118 valence electrons. The molecule has 0 saturated carbocycles. The molecular formula is C12H15N5O4S. The number of hydrogen-bond acceptors (Lipinski definition) is 7. The fourth-order valence-corrected chi connectivity index (χ4v) is 2.86. The van der Waals surface area contributed by atoms with E-state index in [0.717, 1.165) is 16.4 Å². The molecule has 0 radical (unpaired) electrons. The molecule has 1 atom stereocenters. The van der Waals surface area contributed by atoms with Crippen LogP contribution in [0.1, 0.15) is 19.0 Å². The second-order valence-corrected chi connectivity index (χ2v) is 5.98. The van der Waals surface area contributed by atoms with Gasteiger partial charge in [0.25, 0.3) is 5.56 Å². The summed E-state index contributed by atoms with van der Waals surface area (Å²) in [6.45, 7) is 1.66. The maximum atomic E-state index is 12.2. The average molecular weight is 325 g/mol. The zero-order valence-corrected chi connectivity index (χ0v) is 13.1. The van der Waals surface area contributed by atoms with Gasteiger partial charge in [-0.15, -0.1) is 10.2 Å². The zero-order chi connectivity index (χ0) is 16.4. The van der Waals surface area contributed by atoms with Crippen LogP contribution in [0.3, 0.4) is 0 Å². The summed E-state index contributed by atoms with van der Waals surface area (Å²) in [5, 5.41) is 20.1. The molecule has 2 rings (SSSR count). The zero-order valence-electron chi connectivity index (χ0n) is 12.3. The van der Waals surface area contributed by atoms with Crippen LogP contribution in [0.5, 0.6) is 0 Å². The highest BCUT2D eigenvalue weighted by Crippen LogP contribution is 2.26. The van der Waals surface area contributed by atoms with Gasteiger partial charge in [0.2, 0.25) is 11.1 Å². The van der Waals surface area contributed by atoms with Crippen molar-refractivity contribution >= 4 is 29.4 Å². The standard InChI is InChI=1S/C12H15N5O4S/c1-6-9(11(21)16(2)3)22-12-14-13-7(4-5-8(18)19)10(20)17(12)15-6/h9H,4-5H2,1-3H3,(H,18,19). The molecule has 9 nitrogen and oxygen atoms in total. The first-order valence-electron chi connectivity index (χ1n) is 6.45. The predicted octanol–water partition coefficient (Wildman–Crippen LogP) is -0.558. The second-order valence-electron chi connectivity index (χ2n) is 4.91. The molecular weight excluding hydrogens is 310 g/mol. The number of nitrogens with zero attached hydrogens (tertiary/aromatic N) is 5. The number of carbonyl (C=O) groups excluding carboxylic acids is 1. The number of rotatable bonds is 4. The summed E-state index contributed by atoms with van der Waals surface area (Å²) < 4.78 is 1.07. The highest BCUT2D eigenvalue weighted by atomic mass is 32.2. The molecule has 1 N–H and O–H groups in total. The van der Waals surface area contributed by atoms with Crippen LogP contribution in [-0.2, 0) is 16.0 Å². The Morgan fingerprint density at radius 3 is 2.64 bits per heavy atom. The largest absolute Gasteiger partial charge is 0.481 e. The van der Waals surface area contributed by atoms with Gasteiger partial charge in [-0.25, -0.2) is 0 Å². The van der Waals surface area contributed by atoms with Crippen molar-refractivity contribution < 1.29 is 14.7 Å². The van der Waals surface area contributed by atoms with Gasteiger partial charge in [-0.05, 0) is 6.92 Å². The van der Waals surface area contributed by atoms with E-state index in [1.54, 1.807) is 21.0 Å². The van der Waals surface area contributed by atoms with Crippen molar-refractivity contribution in [2.45, 2.75) is 30.2 Å². The Hall–Kier alpha value is -2.23. The number of carbonyl (C=O) groups is 2. The van der Waals surface area contributed by atoms with Crippen molar-refractivity contribution in [3.8, 4) is 0 Å². The lowest BCUT2D eigenvalue weighted by atomic mass is 10.2. The van der Waals surface area contributed by atoms with Crippen LogP contribution in [0.15, 0.2) is 15.1 Å². The Morgan fingerprint density at radius 1 is 1.36 bits per heavy atom. The molecule has 0 bridgehead atoms.